The van der Waals surface area contributed by atoms with Crippen LogP contribution in [0.1, 0.15) is 45.1 Å². The van der Waals surface area contributed by atoms with E-state index in [1.54, 1.807) is 0 Å². The summed E-state index contributed by atoms with van der Waals surface area (Å²) >= 11 is 0. The van der Waals surface area contributed by atoms with Crippen molar-refractivity contribution in [1.29, 1.82) is 0 Å². The van der Waals surface area contributed by atoms with Crippen molar-refractivity contribution in [2.24, 2.45) is 11.0 Å². The van der Waals surface area contributed by atoms with Crippen molar-refractivity contribution < 1.29 is 9.53 Å². The molecule has 4 nitrogen and oxygen atoms in total. The highest BCUT2D eigenvalue weighted by molar-refractivity contribution is 5.89. The summed E-state index contributed by atoms with van der Waals surface area (Å²) in [7, 11) is 0. The SMILES string of the molecule is CCc1ccc(OCC(=O)N/N=C2\CCCC2CC)cc1. The fraction of sp³-hybridized carbons (Fsp3) is 0.529. The molecule has 114 valence electrons. The standard InChI is InChI=1S/C17H24N2O2/c1-3-13-8-10-15(11-9-13)21-12-17(20)19-18-16-7-5-6-14(16)4-2/h8-11,14H,3-7,12H2,1-2H3,(H,19,20)/b18-16+. The summed E-state index contributed by atoms with van der Waals surface area (Å²) in [5.41, 5.74) is 4.98. The highest BCUT2D eigenvalue weighted by atomic mass is 16.5. The molecule has 0 bridgehead atoms. The fourth-order valence-corrected chi connectivity index (χ4v) is 2.62. The van der Waals surface area contributed by atoms with E-state index in [0.29, 0.717) is 11.7 Å². The lowest BCUT2D eigenvalue weighted by Gasteiger charge is -2.08. The van der Waals surface area contributed by atoms with Gasteiger partial charge >= 0.3 is 0 Å². The van der Waals surface area contributed by atoms with E-state index in [-0.39, 0.29) is 12.5 Å². The van der Waals surface area contributed by atoms with Crippen molar-refractivity contribution in [3.63, 3.8) is 0 Å². The Labute approximate surface area is 126 Å². The smallest absolute Gasteiger partial charge is 0.277 e. The number of rotatable bonds is 6. The molecule has 1 aliphatic rings. The first-order valence-corrected chi connectivity index (χ1v) is 7.80. The van der Waals surface area contributed by atoms with E-state index in [4.69, 9.17) is 4.74 Å². The number of ether oxygens (including phenoxy) is 1. The predicted octanol–water partition coefficient (Wildman–Crippen LogP) is 3.31. The van der Waals surface area contributed by atoms with Crippen molar-refractivity contribution in [1.82, 2.24) is 5.43 Å². The van der Waals surface area contributed by atoms with E-state index in [9.17, 15) is 4.79 Å². The topological polar surface area (TPSA) is 50.7 Å². The van der Waals surface area contributed by atoms with Crippen LogP contribution in [0.4, 0.5) is 0 Å². The largest absolute Gasteiger partial charge is 0.484 e. The molecule has 0 spiro atoms. The average Bonchev–Trinajstić information content (AvgIpc) is 2.99. The number of nitrogens with one attached hydrogen (secondary N) is 1. The summed E-state index contributed by atoms with van der Waals surface area (Å²) in [6, 6.07) is 7.81. The molecule has 1 aromatic rings. The third kappa shape index (κ3) is 4.59. The molecule has 0 radical (unpaired) electrons. The molecule has 1 aromatic carbocycles. The van der Waals surface area contributed by atoms with Gasteiger partial charge in [0.25, 0.3) is 5.91 Å². The lowest BCUT2D eigenvalue weighted by atomic mass is 10.0. The molecule has 0 aromatic heterocycles. The Balaban J connectivity index is 1.78. The number of carbonyl (C=O) groups excluding carboxylic acids is 1. The van der Waals surface area contributed by atoms with Gasteiger partial charge in [-0.1, -0.05) is 26.0 Å². The van der Waals surface area contributed by atoms with E-state index >= 15 is 0 Å². The zero-order chi connectivity index (χ0) is 15.1. The van der Waals surface area contributed by atoms with Crippen molar-refractivity contribution in [3.05, 3.63) is 29.8 Å². The molecule has 21 heavy (non-hydrogen) atoms. The van der Waals surface area contributed by atoms with Crippen molar-refractivity contribution >= 4 is 11.6 Å². The Morgan fingerprint density at radius 2 is 2.10 bits per heavy atom. The number of nitrogens with zero attached hydrogens (tertiary/aromatic N) is 1. The van der Waals surface area contributed by atoms with Gasteiger partial charge < -0.3 is 4.74 Å². The Bertz CT molecular complexity index is 494. The molecule has 1 aliphatic carbocycles. The molecule has 1 saturated carbocycles. The normalized spacial score (nSPS) is 19.7. The summed E-state index contributed by atoms with van der Waals surface area (Å²) in [5.74, 6) is 1.04. The average molecular weight is 288 g/mol. The van der Waals surface area contributed by atoms with Gasteiger partial charge in [0.15, 0.2) is 6.61 Å². The second kappa shape index (κ2) is 7.81. The molecule has 1 N–H and O–H groups in total. The Morgan fingerprint density at radius 3 is 2.76 bits per heavy atom. The number of hydrogen-bond acceptors (Lipinski definition) is 3. The summed E-state index contributed by atoms with van der Waals surface area (Å²) in [5, 5.41) is 4.25. The molecule has 1 fully saturated rings. The second-order valence-corrected chi connectivity index (χ2v) is 5.42. The quantitative estimate of drug-likeness (QED) is 0.816. The van der Waals surface area contributed by atoms with Crippen molar-refractivity contribution in [3.8, 4) is 5.75 Å². The van der Waals surface area contributed by atoms with Crippen LogP contribution < -0.4 is 10.2 Å². The molecule has 0 aliphatic heterocycles. The zero-order valence-corrected chi connectivity index (χ0v) is 12.9. The van der Waals surface area contributed by atoms with Crippen LogP contribution in [0, 0.1) is 5.92 Å². The molecule has 0 heterocycles. The van der Waals surface area contributed by atoms with Gasteiger partial charge in [-0.15, -0.1) is 0 Å². The van der Waals surface area contributed by atoms with Crippen molar-refractivity contribution in [2.75, 3.05) is 6.61 Å². The lowest BCUT2D eigenvalue weighted by molar-refractivity contribution is -0.123. The van der Waals surface area contributed by atoms with E-state index in [2.05, 4.69) is 24.4 Å². The summed E-state index contributed by atoms with van der Waals surface area (Å²) in [6.07, 6.45) is 5.45. The number of aryl methyl sites for hydroxylation is 1. The first kappa shape index (κ1) is 15.5. The molecule has 1 amide bonds. The Morgan fingerprint density at radius 1 is 1.33 bits per heavy atom. The number of hydrogen-bond donors (Lipinski definition) is 1. The minimum Gasteiger partial charge on any atom is -0.484 e. The van der Waals surface area contributed by atoms with Gasteiger partial charge in [-0.25, -0.2) is 5.43 Å². The highest BCUT2D eigenvalue weighted by Crippen LogP contribution is 2.24. The van der Waals surface area contributed by atoms with Crippen LogP contribution >= 0.6 is 0 Å². The Kier molecular flexibility index (Phi) is 5.78. The first-order valence-electron chi connectivity index (χ1n) is 7.80. The van der Waals surface area contributed by atoms with Crippen LogP contribution in [0.3, 0.4) is 0 Å². The minimum atomic E-state index is -0.205. The molecule has 2 rings (SSSR count). The first-order chi connectivity index (χ1) is 10.2. The third-order valence-electron chi connectivity index (χ3n) is 3.98. The van der Waals surface area contributed by atoms with Gasteiger partial charge in [0.1, 0.15) is 5.75 Å². The second-order valence-electron chi connectivity index (χ2n) is 5.42. The van der Waals surface area contributed by atoms with E-state index < -0.39 is 0 Å². The van der Waals surface area contributed by atoms with Gasteiger partial charge in [0.2, 0.25) is 0 Å². The number of hydrazone groups is 1. The van der Waals surface area contributed by atoms with Gasteiger partial charge in [-0.3, -0.25) is 4.79 Å². The maximum absolute atomic E-state index is 11.7. The molecule has 1 unspecified atom stereocenters. The maximum Gasteiger partial charge on any atom is 0.277 e. The van der Waals surface area contributed by atoms with Crippen LogP contribution in [0.15, 0.2) is 29.4 Å². The summed E-state index contributed by atoms with van der Waals surface area (Å²) in [6.45, 7) is 4.27. The number of carbonyl (C=O) groups is 1. The fourth-order valence-electron chi connectivity index (χ4n) is 2.62. The van der Waals surface area contributed by atoms with Gasteiger partial charge in [0, 0.05) is 5.71 Å². The molecule has 4 heteroatoms. The summed E-state index contributed by atoms with van der Waals surface area (Å²) < 4.78 is 5.45. The predicted molar refractivity (Wildman–Crippen MR) is 84.5 cm³/mol. The van der Waals surface area contributed by atoms with Gasteiger partial charge in [-0.05, 0) is 55.7 Å². The van der Waals surface area contributed by atoms with E-state index in [1.165, 1.54) is 18.4 Å². The third-order valence-corrected chi connectivity index (χ3v) is 3.98. The van der Waals surface area contributed by atoms with Crippen LogP contribution in [0.2, 0.25) is 0 Å². The van der Waals surface area contributed by atoms with Gasteiger partial charge in [0.05, 0.1) is 0 Å². The number of benzene rings is 1. The zero-order valence-electron chi connectivity index (χ0n) is 12.9. The Hall–Kier alpha value is -1.84. The monoisotopic (exact) mass is 288 g/mol. The molecule has 1 atom stereocenters. The van der Waals surface area contributed by atoms with Crippen LogP contribution in [0.25, 0.3) is 0 Å². The van der Waals surface area contributed by atoms with E-state index in [0.717, 1.165) is 25.0 Å². The molecule has 0 saturated heterocycles. The maximum atomic E-state index is 11.7. The highest BCUT2D eigenvalue weighted by Gasteiger charge is 2.20. The summed E-state index contributed by atoms with van der Waals surface area (Å²) in [4.78, 5) is 11.7. The minimum absolute atomic E-state index is 0.000949. The molecular formula is C17H24N2O2. The van der Waals surface area contributed by atoms with Crippen molar-refractivity contribution in [2.45, 2.75) is 46.0 Å². The van der Waals surface area contributed by atoms with Gasteiger partial charge in [-0.2, -0.15) is 5.10 Å². The van der Waals surface area contributed by atoms with Crippen LogP contribution in [-0.2, 0) is 11.2 Å². The van der Waals surface area contributed by atoms with Crippen LogP contribution in [0.5, 0.6) is 5.75 Å². The lowest BCUT2D eigenvalue weighted by Crippen LogP contribution is -2.26. The van der Waals surface area contributed by atoms with E-state index in [1.807, 2.05) is 24.3 Å². The van der Waals surface area contributed by atoms with Crippen LogP contribution in [-0.4, -0.2) is 18.2 Å². The number of amides is 1. The molecular weight excluding hydrogens is 264 g/mol.